The van der Waals surface area contributed by atoms with Crippen LogP contribution in [0.15, 0.2) is 53.5 Å². The Labute approximate surface area is 142 Å². The van der Waals surface area contributed by atoms with Crippen LogP contribution >= 0.6 is 11.6 Å². The molecule has 0 fully saturated rings. The summed E-state index contributed by atoms with van der Waals surface area (Å²) in [6.07, 6.45) is 1.36. The first-order valence-electron chi connectivity index (χ1n) is 7.19. The van der Waals surface area contributed by atoms with Gasteiger partial charge < -0.3 is 10.3 Å². The van der Waals surface area contributed by atoms with E-state index in [4.69, 9.17) is 11.6 Å². The first-order valence-corrected chi connectivity index (χ1v) is 7.57. The molecule has 0 aliphatic heterocycles. The molecule has 6 heteroatoms. The normalized spacial score (nSPS) is 10.6. The SMILES string of the molecule is CC(=O)c1ccc(NC(=O)c2c[nH]c3cc(Cl)ccc3c2=O)cc1. The lowest BCUT2D eigenvalue weighted by Crippen LogP contribution is -2.21. The molecule has 0 unspecified atom stereocenters. The van der Waals surface area contributed by atoms with Gasteiger partial charge in [-0.25, -0.2) is 0 Å². The van der Waals surface area contributed by atoms with Gasteiger partial charge in [0.15, 0.2) is 5.78 Å². The minimum atomic E-state index is -0.524. The second-order valence-electron chi connectivity index (χ2n) is 5.31. The van der Waals surface area contributed by atoms with Crippen molar-refractivity contribution in [3.8, 4) is 0 Å². The first kappa shape index (κ1) is 16.0. The molecular formula is C18H13ClN2O3. The molecule has 2 aromatic carbocycles. The largest absolute Gasteiger partial charge is 0.360 e. The van der Waals surface area contributed by atoms with Gasteiger partial charge in [0.05, 0.1) is 5.52 Å². The van der Waals surface area contributed by atoms with Gasteiger partial charge in [0.1, 0.15) is 5.56 Å². The second kappa shape index (κ2) is 6.29. The summed E-state index contributed by atoms with van der Waals surface area (Å²) in [4.78, 5) is 38.9. The Bertz CT molecular complexity index is 1010. The lowest BCUT2D eigenvalue weighted by Gasteiger charge is -2.07. The van der Waals surface area contributed by atoms with E-state index in [1.54, 1.807) is 42.5 Å². The molecule has 1 aromatic heterocycles. The number of H-pyrrole nitrogens is 1. The summed E-state index contributed by atoms with van der Waals surface area (Å²) in [5, 5.41) is 3.53. The third-order valence-corrected chi connectivity index (χ3v) is 3.87. The van der Waals surface area contributed by atoms with E-state index in [1.807, 2.05) is 0 Å². The van der Waals surface area contributed by atoms with Crippen molar-refractivity contribution in [2.45, 2.75) is 6.92 Å². The molecule has 5 nitrogen and oxygen atoms in total. The fourth-order valence-corrected chi connectivity index (χ4v) is 2.52. The minimum Gasteiger partial charge on any atom is -0.360 e. The second-order valence-corrected chi connectivity index (χ2v) is 5.75. The van der Waals surface area contributed by atoms with E-state index in [-0.39, 0.29) is 16.8 Å². The molecule has 0 saturated carbocycles. The number of benzene rings is 2. The van der Waals surface area contributed by atoms with E-state index >= 15 is 0 Å². The number of ketones is 1. The third-order valence-electron chi connectivity index (χ3n) is 3.64. The van der Waals surface area contributed by atoms with Gasteiger partial charge in [-0.15, -0.1) is 0 Å². The van der Waals surface area contributed by atoms with Gasteiger partial charge in [-0.2, -0.15) is 0 Å². The zero-order valence-electron chi connectivity index (χ0n) is 12.7. The predicted molar refractivity (Wildman–Crippen MR) is 94.0 cm³/mol. The number of carbonyl (C=O) groups is 2. The number of aromatic nitrogens is 1. The molecule has 120 valence electrons. The van der Waals surface area contributed by atoms with Gasteiger partial charge in [-0.3, -0.25) is 14.4 Å². The van der Waals surface area contributed by atoms with Crippen LogP contribution in [0.4, 0.5) is 5.69 Å². The predicted octanol–water partition coefficient (Wildman–Crippen LogP) is 3.64. The van der Waals surface area contributed by atoms with Crippen molar-refractivity contribution in [2.24, 2.45) is 0 Å². The number of hydrogen-bond acceptors (Lipinski definition) is 3. The number of Topliss-reactive ketones (excluding diaryl/α,β-unsaturated/α-hetero) is 1. The van der Waals surface area contributed by atoms with Crippen molar-refractivity contribution in [3.05, 3.63) is 75.0 Å². The molecular weight excluding hydrogens is 328 g/mol. The number of rotatable bonds is 3. The highest BCUT2D eigenvalue weighted by Crippen LogP contribution is 2.16. The fraction of sp³-hybridized carbons (Fsp3) is 0.0556. The van der Waals surface area contributed by atoms with Gasteiger partial charge in [0.2, 0.25) is 5.43 Å². The zero-order valence-corrected chi connectivity index (χ0v) is 13.5. The van der Waals surface area contributed by atoms with Crippen LogP contribution in [-0.2, 0) is 0 Å². The summed E-state index contributed by atoms with van der Waals surface area (Å²) >= 11 is 5.89. The maximum absolute atomic E-state index is 12.4. The van der Waals surface area contributed by atoms with Crippen LogP contribution in [0.5, 0.6) is 0 Å². The van der Waals surface area contributed by atoms with Gasteiger partial charge in [0.25, 0.3) is 5.91 Å². The number of anilines is 1. The zero-order chi connectivity index (χ0) is 17.3. The van der Waals surface area contributed by atoms with Crippen LogP contribution in [-0.4, -0.2) is 16.7 Å². The summed E-state index contributed by atoms with van der Waals surface area (Å²) in [6, 6.07) is 11.3. The lowest BCUT2D eigenvalue weighted by molar-refractivity contribution is 0.101. The van der Waals surface area contributed by atoms with Gasteiger partial charge in [-0.05, 0) is 49.4 Å². The van der Waals surface area contributed by atoms with E-state index in [0.717, 1.165) is 0 Å². The van der Waals surface area contributed by atoms with E-state index in [2.05, 4.69) is 10.3 Å². The number of pyridine rings is 1. The number of amides is 1. The van der Waals surface area contributed by atoms with Gasteiger partial charge in [-0.1, -0.05) is 11.6 Å². The number of nitrogens with one attached hydrogen (secondary N) is 2. The molecule has 0 atom stereocenters. The molecule has 24 heavy (non-hydrogen) atoms. The highest BCUT2D eigenvalue weighted by Gasteiger charge is 2.13. The molecule has 1 amide bonds. The fourth-order valence-electron chi connectivity index (χ4n) is 2.35. The van der Waals surface area contributed by atoms with Crippen molar-refractivity contribution < 1.29 is 9.59 Å². The van der Waals surface area contributed by atoms with Crippen molar-refractivity contribution in [2.75, 3.05) is 5.32 Å². The van der Waals surface area contributed by atoms with Crippen LogP contribution in [0.25, 0.3) is 10.9 Å². The van der Waals surface area contributed by atoms with E-state index in [9.17, 15) is 14.4 Å². The maximum atomic E-state index is 12.4. The Morgan fingerprint density at radius 1 is 1.08 bits per heavy atom. The third kappa shape index (κ3) is 3.07. The van der Waals surface area contributed by atoms with Crippen LogP contribution in [0.2, 0.25) is 5.02 Å². The molecule has 3 rings (SSSR count). The molecule has 2 N–H and O–H groups in total. The molecule has 0 spiro atoms. The monoisotopic (exact) mass is 340 g/mol. The van der Waals surface area contributed by atoms with Crippen LogP contribution < -0.4 is 10.7 Å². The molecule has 0 saturated heterocycles. The standard InChI is InChI=1S/C18H13ClN2O3/c1-10(22)11-2-5-13(6-3-11)21-18(24)15-9-20-16-8-12(19)4-7-14(16)17(15)23/h2-9H,1H3,(H,20,23)(H,21,24). The van der Waals surface area contributed by atoms with Gasteiger partial charge >= 0.3 is 0 Å². The van der Waals surface area contributed by atoms with Crippen molar-refractivity contribution >= 4 is 39.9 Å². The van der Waals surface area contributed by atoms with Crippen molar-refractivity contribution in [3.63, 3.8) is 0 Å². The van der Waals surface area contributed by atoms with E-state index in [0.29, 0.717) is 27.2 Å². The molecule has 0 bridgehead atoms. The quantitative estimate of drug-likeness (QED) is 0.714. The highest BCUT2D eigenvalue weighted by molar-refractivity contribution is 6.31. The Balaban J connectivity index is 1.91. The molecule has 0 aliphatic carbocycles. The van der Waals surface area contributed by atoms with Crippen LogP contribution in [0.3, 0.4) is 0 Å². The van der Waals surface area contributed by atoms with Crippen molar-refractivity contribution in [1.29, 1.82) is 0 Å². The number of hydrogen-bond donors (Lipinski definition) is 2. The lowest BCUT2D eigenvalue weighted by atomic mass is 10.1. The summed E-state index contributed by atoms with van der Waals surface area (Å²) in [5.74, 6) is -0.582. The van der Waals surface area contributed by atoms with Crippen molar-refractivity contribution in [1.82, 2.24) is 4.98 Å². The maximum Gasteiger partial charge on any atom is 0.261 e. The summed E-state index contributed by atoms with van der Waals surface area (Å²) < 4.78 is 0. The first-order chi connectivity index (χ1) is 11.5. The Hall–Kier alpha value is -2.92. The average Bonchev–Trinajstić information content (AvgIpc) is 2.55. The summed E-state index contributed by atoms with van der Waals surface area (Å²) in [5.41, 5.74) is 1.24. The Morgan fingerprint density at radius 3 is 2.46 bits per heavy atom. The number of halogens is 1. The van der Waals surface area contributed by atoms with Crippen LogP contribution in [0.1, 0.15) is 27.6 Å². The highest BCUT2D eigenvalue weighted by atomic mass is 35.5. The number of aromatic amines is 1. The Morgan fingerprint density at radius 2 is 1.79 bits per heavy atom. The minimum absolute atomic E-state index is 0.000432. The van der Waals surface area contributed by atoms with Crippen LogP contribution in [0, 0.1) is 0 Å². The molecule has 0 radical (unpaired) electrons. The summed E-state index contributed by atoms with van der Waals surface area (Å²) in [7, 11) is 0. The van der Waals surface area contributed by atoms with E-state index in [1.165, 1.54) is 13.1 Å². The molecule has 1 heterocycles. The molecule has 3 aromatic rings. The Kier molecular flexibility index (Phi) is 4.18. The number of fused-ring (bicyclic) bond motifs is 1. The number of carbonyl (C=O) groups excluding carboxylic acids is 2. The van der Waals surface area contributed by atoms with E-state index < -0.39 is 5.91 Å². The smallest absolute Gasteiger partial charge is 0.261 e. The molecule has 0 aliphatic rings. The average molecular weight is 341 g/mol. The topological polar surface area (TPSA) is 79.0 Å². The summed E-state index contributed by atoms with van der Waals surface area (Å²) in [6.45, 7) is 1.47. The van der Waals surface area contributed by atoms with Gasteiger partial charge in [0, 0.05) is 27.9 Å².